The predicted octanol–water partition coefficient (Wildman–Crippen LogP) is 1.13. The summed E-state index contributed by atoms with van der Waals surface area (Å²) in [5.74, 6) is -1.63. The number of ether oxygens (including phenoxy) is 3. The Labute approximate surface area is 178 Å². The fourth-order valence-corrected chi connectivity index (χ4v) is 3.36. The van der Waals surface area contributed by atoms with Crippen LogP contribution in [0.15, 0.2) is 12.1 Å². The topological polar surface area (TPSA) is 141 Å². The first-order valence-electron chi connectivity index (χ1n) is 9.04. The second-order valence-electron chi connectivity index (χ2n) is 6.93. The molecular formula is C18H24BNO9S. The fraction of sp³-hybridized carbons (Fsp3) is 0.500. The molecule has 0 spiro atoms. The Morgan fingerprint density at radius 2 is 2.07 bits per heavy atom. The Bertz CT molecular complexity index is 819. The van der Waals surface area contributed by atoms with Crippen molar-refractivity contribution in [3.8, 4) is 11.5 Å². The van der Waals surface area contributed by atoms with Gasteiger partial charge in [-0.15, -0.1) is 0 Å². The summed E-state index contributed by atoms with van der Waals surface area (Å²) in [5, 5.41) is 22.9. The lowest BCUT2D eigenvalue weighted by molar-refractivity contribution is -0.120. The Kier molecular flexibility index (Phi) is 7.85. The third kappa shape index (κ3) is 5.31. The van der Waals surface area contributed by atoms with Crippen LogP contribution in [0.3, 0.4) is 0 Å². The van der Waals surface area contributed by atoms with E-state index < -0.39 is 43.3 Å². The number of rotatable bonds is 8. The van der Waals surface area contributed by atoms with Crippen molar-refractivity contribution in [3.63, 3.8) is 0 Å². The molecule has 0 fully saturated rings. The number of carbonyl (C=O) groups is 3. The molecule has 1 aliphatic heterocycles. The number of nitrogens with one attached hydrogen (secondary N) is 1. The smallest absolute Gasteiger partial charge is 0.534 e. The summed E-state index contributed by atoms with van der Waals surface area (Å²) in [7, 11) is -0.387. The van der Waals surface area contributed by atoms with Gasteiger partial charge in [0.15, 0.2) is 0 Å². The second-order valence-corrected chi connectivity index (χ2v) is 7.79. The van der Waals surface area contributed by atoms with Crippen LogP contribution in [0.1, 0.15) is 29.8 Å². The third-order valence-electron chi connectivity index (χ3n) is 4.29. The quantitative estimate of drug-likeness (QED) is 0.397. The van der Waals surface area contributed by atoms with Gasteiger partial charge in [-0.1, -0.05) is 6.07 Å². The summed E-state index contributed by atoms with van der Waals surface area (Å²) < 4.78 is 20.6. The van der Waals surface area contributed by atoms with Gasteiger partial charge in [-0.2, -0.15) is 11.8 Å². The molecule has 10 nitrogen and oxygen atoms in total. The first kappa shape index (κ1) is 23.7. The van der Waals surface area contributed by atoms with E-state index >= 15 is 0 Å². The highest BCUT2D eigenvalue weighted by Gasteiger charge is 2.53. The molecular weight excluding hydrogens is 417 g/mol. The first-order valence-corrected chi connectivity index (χ1v) is 10.4. The van der Waals surface area contributed by atoms with Crippen molar-refractivity contribution >= 4 is 36.9 Å². The van der Waals surface area contributed by atoms with Gasteiger partial charge in [0.1, 0.15) is 29.1 Å². The molecule has 1 heterocycles. The Balaban J connectivity index is 2.41. The van der Waals surface area contributed by atoms with E-state index in [2.05, 4.69) is 5.32 Å². The minimum absolute atomic E-state index is 0.0527. The van der Waals surface area contributed by atoms with Crippen LogP contribution >= 0.6 is 11.8 Å². The molecule has 1 amide bonds. The van der Waals surface area contributed by atoms with Crippen molar-refractivity contribution < 1.29 is 43.4 Å². The van der Waals surface area contributed by atoms with Crippen LogP contribution < -0.4 is 14.7 Å². The number of carboxylic acids is 1. The van der Waals surface area contributed by atoms with Gasteiger partial charge in [0, 0.05) is 6.42 Å². The highest BCUT2D eigenvalue weighted by molar-refractivity contribution is 7.99. The molecule has 0 unspecified atom stereocenters. The molecule has 1 atom stereocenters. The number of methoxy groups -OCH3 is 1. The monoisotopic (exact) mass is 441 g/mol. The number of benzene rings is 1. The lowest BCUT2D eigenvalue weighted by Gasteiger charge is -2.39. The summed E-state index contributed by atoms with van der Waals surface area (Å²) in [5.41, 5.74) is -1.40. The average molecular weight is 441 g/mol. The van der Waals surface area contributed by atoms with Crippen LogP contribution in [-0.4, -0.2) is 72.5 Å². The highest BCUT2D eigenvalue weighted by Crippen LogP contribution is 2.39. The summed E-state index contributed by atoms with van der Waals surface area (Å²) in [6, 6.07) is 3.01. The van der Waals surface area contributed by atoms with Crippen LogP contribution in [0.2, 0.25) is 0 Å². The lowest BCUT2D eigenvalue weighted by Crippen LogP contribution is -2.68. The summed E-state index contributed by atoms with van der Waals surface area (Å²) in [6.45, 7) is 2.84. The van der Waals surface area contributed by atoms with E-state index in [0.717, 1.165) is 0 Å². The van der Waals surface area contributed by atoms with E-state index in [1.165, 1.54) is 24.9 Å². The number of aromatic carboxylic acids is 1. The van der Waals surface area contributed by atoms with Gasteiger partial charge in [0.05, 0.1) is 19.0 Å². The van der Waals surface area contributed by atoms with Gasteiger partial charge in [0.25, 0.3) is 0 Å². The molecule has 2 rings (SSSR count). The number of hydrogen-bond donors (Lipinski definition) is 3. The van der Waals surface area contributed by atoms with Crippen LogP contribution in [0, 0.1) is 0 Å². The van der Waals surface area contributed by atoms with Crippen molar-refractivity contribution in [2.75, 3.05) is 25.7 Å². The van der Waals surface area contributed by atoms with Crippen LogP contribution in [0.25, 0.3) is 0 Å². The number of amides is 1. The largest absolute Gasteiger partial charge is 0.554 e. The number of carbonyl (C=O) groups excluding carboxylic acids is 2. The Morgan fingerprint density at radius 3 is 2.63 bits per heavy atom. The molecule has 0 saturated heterocycles. The standard InChI is InChI=1S/C18H24BNO9S/c1-10(2)28-17(24)27-9-18(20-13(21)8-30-4)7-11-5-6-12(26-3)14(16(22)23)15(11)29-19(18)25/h5-6,10,25H,7-9H2,1-4H3,(H,20,21)(H,22,23)/t18-/m1/s1. The van der Waals surface area contributed by atoms with Gasteiger partial charge < -0.3 is 34.3 Å². The van der Waals surface area contributed by atoms with Crippen molar-refractivity contribution in [2.45, 2.75) is 31.8 Å². The van der Waals surface area contributed by atoms with E-state index in [0.29, 0.717) is 5.56 Å². The molecule has 0 aromatic heterocycles. The molecule has 0 radical (unpaired) electrons. The molecule has 30 heavy (non-hydrogen) atoms. The zero-order chi connectivity index (χ0) is 22.5. The average Bonchev–Trinajstić information content (AvgIpc) is 2.65. The molecule has 0 bridgehead atoms. The van der Waals surface area contributed by atoms with Gasteiger partial charge in [-0.05, 0) is 31.7 Å². The Morgan fingerprint density at radius 1 is 1.37 bits per heavy atom. The van der Waals surface area contributed by atoms with E-state index in [4.69, 9.17) is 18.9 Å². The molecule has 1 aliphatic rings. The fourth-order valence-electron chi connectivity index (χ4n) is 3.03. The number of fused-ring (bicyclic) bond motifs is 1. The molecule has 1 aromatic rings. The predicted molar refractivity (Wildman–Crippen MR) is 109 cm³/mol. The van der Waals surface area contributed by atoms with Crippen LogP contribution in [0.4, 0.5) is 4.79 Å². The number of hydrogen-bond acceptors (Lipinski definition) is 9. The van der Waals surface area contributed by atoms with E-state index in [9.17, 15) is 24.5 Å². The highest BCUT2D eigenvalue weighted by atomic mass is 32.2. The van der Waals surface area contributed by atoms with E-state index in [-0.39, 0.29) is 29.2 Å². The first-order chi connectivity index (χ1) is 14.1. The van der Waals surface area contributed by atoms with Crippen LogP contribution in [0.5, 0.6) is 11.5 Å². The normalized spacial score (nSPS) is 17.6. The number of thioether (sulfide) groups is 1. The molecule has 12 heteroatoms. The second kappa shape index (κ2) is 9.94. The summed E-state index contributed by atoms with van der Waals surface area (Å²) in [6.07, 6.45) is 0.293. The molecule has 1 aromatic carbocycles. The van der Waals surface area contributed by atoms with Gasteiger partial charge >= 0.3 is 19.2 Å². The SMILES string of the molecule is COc1ccc2c(c1C(=O)O)OB(O)[C@@](COC(=O)OC(C)C)(NC(=O)CSC)C2. The van der Waals surface area contributed by atoms with Gasteiger partial charge in [-0.25, -0.2) is 9.59 Å². The zero-order valence-corrected chi connectivity index (χ0v) is 17.9. The van der Waals surface area contributed by atoms with Gasteiger partial charge in [-0.3, -0.25) is 4.79 Å². The van der Waals surface area contributed by atoms with Gasteiger partial charge in [0.2, 0.25) is 5.91 Å². The van der Waals surface area contributed by atoms with Crippen molar-refractivity contribution in [1.29, 1.82) is 0 Å². The van der Waals surface area contributed by atoms with Crippen molar-refractivity contribution in [2.24, 2.45) is 0 Å². The van der Waals surface area contributed by atoms with Crippen molar-refractivity contribution in [1.82, 2.24) is 5.32 Å². The molecule has 0 saturated carbocycles. The summed E-state index contributed by atoms with van der Waals surface area (Å²) >= 11 is 1.27. The maximum Gasteiger partial charge on any atom is 0.554 e. The zero-order valence-electron chi connectivity index (χ0n) is 17.1. The minimum Gasteiger partial charge on any atom is -0.534 e. The lowest BCUT2D eigenvalue weighted by atomic mass is 9.59. The summed E-state index contributed by atoms with van der Waals surface area (Å²) in [4.78, 5) is 35.8. The van der Waals surface area contributed by atoms with Crippen molar-refractivity contribution in [3.05, 3.63) is 23.3 Å². The van der Waals surface area contributed by atoms with E-state index in [1.54, 1.807) is 26.2 Å². The minimum atomic E-state index is -1.70. The molecule has 164 valence electrons. The van der Waals surface area contributed by atoms with E-state index in [1.807, 2.05) is 0 Å². The Hall–Kier alpha value is -2.60. The molecule has 3 N–H and O–H groups in total. The van der Waals surface area contributed by atoms with Crippen LogP contribution in [-0.2, 0) is 20.7 Å². The maximum absolute atomic E-state index is 12.3. The number of carboxylic acid groups (broad SMARTS) is 1. The molecule has 0 aliphatic carbocycles. The third-order valence-corrected chi connectivity index (χ3v) is 4.84. The maximum atomic E-state index is 12.3.